The average molecular weight is 515 g/mol. The molecule has 0 saturated carbocycles. The van der Waals surface area contributed by atoms with Crippen molar-refractivity contribution in [3.05, 3.63) is 107 Å². The number of aryl methyl sites for hydroxylation is 1. The number of alkyl halides is 2. The summed E-state index contributed by atoms with van der Waals surface area (Å²) in [6.45, 7) is 1.96. The summed E-state index contributed by atoms with van der Waals surface area (Å²) < 4.78 is 90.0. The maximum Gasteiger partial charge on any atom is 0.426 e. The minimum atomic E-state index is -3.82. The zero-order chi connectivity index (χ0) is 25.6. The molecule has 0 saturated heterocycles. The van der Waals surface area contributed by atoms with Crippen LogP contribution in [0.5, 0.6) is 5.75 Å². The summed E-state index contributed by atoms with van der Waals surface area (Å²) in [7, 11) is 0. The Labute approximate surface area is 205 Å². The fourth-order valence-electron chi connectivity index (χ4n) is 3.64. The number of fused-ring (bicyclic) bond motifs is 1. The third-order valence-corrected chi connectivity index (χ3v) is 6.57. The second-order valence-corrected chi connectivity index (χ2v) is 9.11. The van der Waals surface area contributed by atoms with Crippen molar-refractivity contribution in [2.45, 2.75) is 13.0 Å². The van der Waals surface area contributed by atoms with E-state index in [-0.39, 0.29) is 11.1 Å². The minimum Gasteiger partial charge on any atom is -0.429 e. The van der Waals surface area contributed by atoms with Crippen molar-refractivity contribution in [1.82, 2.24) is 4.98 Å². The molecule has 5 aromatic rings. The van der Waals surface area contributed by atoms with E-state index in [9.17, 15) is 26.3 Å². The molecule has 0 amide bonds. The van der Waals surface area contributed by atoms with Crippen LogP contribution in [0.4, 0.5) is 26.3 Å². The van der Waals surface area contributed by atoms with E-state index in [2.05, 4.69) is 4.98 Å². The highest BCUT2D eigenvalue weighted by molar-refractivity contribution is 7.21. The molecule has 0 aliphatic carbocycles. The lowest BCUT2D eigenvalue weighted by Gasteiger charge is -2.19. The topological polar surface area (TPSA) is 22.1 Å². The van der Waals surface area contributed by atoms with Gasteiger partial charge in [0.25, 0.3) is 0 Å². The number of aromatic nitrogens is 1. The Morgan fingerprint density at radius 2 is 1.44 bits per heavy atom. The van der Waals surface area contributed by atoms with Crippen molar-refractivity contribution in [2.24, 2.45) is 0 Å². The predicted molar refractivity (Wildman–Crippen MR) is 126 cm³/mol. The summed E-state index contributed by atoms with van der Waals surface area (Å²) in [5.74, 6) is -6.27. The molecule has 0 fully saturated rings. The first-order chi connectivity index (χ1) is 17.1. The lowest BCUT2D eigenvalue weighted by Crippen LogP contribution is -2.21. The van der Waals surface area contributed by atoms with Gasteiger partial charge in [0.2, 0.25) is 0 Å². The molecular weight excluding hydrogens is 500 g/mol. The Balaban J connectivity index is 1.41. The van der Waals surface area contributed by atoms with Crippen LogP contribution in [-0.2, 0) is 6.11 Å². The van der Waals surface area contributed by atoms with Crippen LogP contribution in [0.3, 0.4) is 0 Å². The molecule has 0 N–H and O–H groups in total. The van der Waals surface area contributed by atoms with Crippen molar-refractivity contribution >= 4 is 21.6 Å². The average Bonchev–Trinajstić information content (AvgIpc) is 3.26. The Morgan fingerprint density at radius 3 is 2.11 bits per heavy atom. The molecule has 182 valence electrons. The highest BCUT2D eigenvalue weighted by Gasteiger charge is 2.35. The molecular formula is C27H15F6NOS. The maximum atomic E-state index is 14.9. The molecule has 0 aliphatic heterocycles. The zero-order valence-corrected chi connectivity index (χ0v) is 19.3. The van der Waals surface area contributed by atoms with Gasteiger partial charge in [-0.25, -0.2) is 22.5 Å². The fraction of sp³-hybridized carbons (Fsp3) is 0.0741. The monoisotopic (exact) mass is 515 g/mol. The second kappa shape index (κ2) is 8.98. The van der Waals surface area contributed by atoms with Gasteiger partial charge in [0, 0.05) is 17.2 Å². The Kier molecular flexibility index (Phi) is 5.96. The van der Waals surface area contributed by atoms with Crippen LogP contribution in [0.1, 0.15) is 11.1 Å². The maximum absolute atomic E-state index is 14.9. The largest absolute Gasteiger partial charge is 0.429 e. The third kappa shape index (κ3) is 4.54. The summed E-state index contributed by atoms with van der Waals surface area (Å²) in [6.07, 6.45) is -3.82. The van der Waals surface area contributed by atoms with Crippen LogP contribution in [0, 0.1) is 30.2 Å². The number of hydrogen-bond acceptors (Lipinski definition) is 3. The summed E-state index contributed by atoms with van der Waals surface area (Å²) >= 11 is 1.25. The molecule has 1 aromatic heterocycles. The quantitative estimate of drug-likeness (QED) is 0.173. The molecule has 0 atom stereocenters. The van der Waals surface area contributed by atoms with Gasteiger partial charge in [-0.1, -0.05) is 29.8 Å². The van der Waals surface area contributed by atoms with Gasteiger partial charge in [0.05, 0.1) is 15.8 Å². The highest BCUT2D eigenvalue weighted by Crippen LogP contribution is 2.37. The zero-order valence-electron chi connectivity index (χ0n) is 18.5. The summed E-state index contributed by atoms with van der Waals surface area (Å²) in [4.78, 5) is 4.49. The Bertz CT molecular complexity index is 1570. The van der Waals surface area contributed by atoms with Crippen LogP contribution in [0.25, 0.3) is 31.9 Å². The number of halogens is 6. The molecule has 9 heteroatoms. The van der Waals surface area contributed by atoms with Crippen LogP contribution in [0.15, 0.2) is 72.8 Å². The first-order valence-electron chi connectivity index (χ1n) is 10.6. The van der Waals surface area contributed by atoms with Crippen molar-refractivity contribution in [3.8, 4) is 27.4 Å². The van der Waals surface area contributed by atoms with E-state index in [1.54, 1.807) is 0 Å². The molecule has 0 aliphatic rings. The van der Waals surface area contributed by atoms with Gasteiger partial charge in [-0.05, 0) is 55.0 Å². The molecule has 0 bridgehead atoms. The number of rotatable bonds is 5. The predicted octanol–water partition coefficient (Wildman–Crippen LogP) is 8.62. The van der Waals surface area contributed by atoms with E-state index in [0.717, 1.165) is 23.3 Å². The van der Waals surface area contributed by atoms with E-state index in [4.69, 9.17) is 4.74 Å². The lowest BCUT2D eigenvalue weighted by molar-refractivity contribution is -0.185. The second-order valence-electron chi connectivity index (χ2n) is 8.08. The fourth-order valence-corrected chi connectivity index (χ4v) is 4.65. The van der Waals surface area contributed by atoms with Gasteiger partial charge in [-0.2, -0.15) is 8.78 Å². The first kappa shape index (κ1) is 23.9. The number of hydrogen-bond donors (Lipinski definition) is 0. The van der Waals surface area contributed by atoms with Crippen molar-refractivity contribution in [3.63, 3.8) is 0 Å². The highest BCUT2D eigenvalue weighted by atomic mass is 32.1. The van der Waals surface area contributed by atoms with Crippen molar-refractivity contribution < 1.29 is 31.1 Å². The summed E-state index contributed by atoms with van der Waals surface area (Å²) in [5, 5.41) is 0.678. The Hall–Kier alpha value is -3.85. The van der Waals surface area contributed by atoms with Crippen molar-refractivity contribution in [1.29, 1.82) is 0 Å². The van der Waals surface area contributed by atoms with E-state index < -0.39 is 40.7 Å². The van der Waals surface area contributed by atoms with Crippen molar-refractivity contribution in [2.75, 3.05) is 0 Å². The van der Waals surface area contributed by atoms with E-state index >= 15 is 0 Å². The number of ether oxygens (including phenoxy) is 1. The normalized spacial score (nSPS) is 11.8. The van der Waals surface area contributed by atoms with Gasteiger partial charge in [-0.3, -0.25) is 0 Å². The SMILES string of the molecule is Cc1ccc(-c2nc3ccc(C(F)(F)Oc4ccc(-c5cc(F)c(F)c(F)c5)c(F)c4)cc3s2)cc1. The van der Waals surface area contributed by atoms with Gasteiger partial charge in [-0.15, -0.1) is 11.3 Å². The van der Waals surface area contributed by atoms with Gasteiger partial charge in [0.1, 0.15) is 16.6 Å². The van der Waals surface area contributed by atoms with E-state index in [1.165, 1.54) is 29.5 Å². The van der Waals surface area contributed by atoms with Crippen LogP contribution < -0.4 is 4.74 Å². The number of thiazole rings is 1. The molecule has 36 heavy (non-hydrogen) atoms. The molecule has 1 heterocycles. The standard InChI is InChI=1S/C27H15F6NOS/c1-14-2-4-15(5-3-14)26-34-23-9-6-17(12-24(23)36-26)27(32,33)35-18-7-8-19(20(28)13-18)16-10-21(29)25(31)22(30)11-16/h2-13H,1H3. The number of benzene rings is 4. The number of nitrogens with zero attached hydrogens (tertiary/aromatic N) is 1. The van der Waals surface area contributed by atoms with Crippen LogP contribution in [-0.4, -0.2) is 4.98 Å². The van der Waals surface area contributed by atoms with Gasteiger partial charge < -0.3 is 4.74 Å². The lowest BCUT2D eigenvalue weighted by atomic mass is 10.0. The summed E-state index contributed by atoms with van der Waals surface area (Å²) in [6, 6.07) is 15.5. The van der Waals surface area contributed by atoms with Gasteiger partial charge >= 0.3 is 6.11 Å². The van der Waals surface area contributed by atoms with E-state index in [0.29, 0.717) is 33.4 Å². The smallest absolute Gasteiger partial charge is 0.426 e. The molecule has 0 spiro atoms. The van der Waals surface area contributed by atoms with E-state index in [1.807, 2.05) is 31.2 Å². The van der Waals surface area contributed by atoms with Crippen LogP contribution in [0.2, 0.25) is 0 Å². The molecule has 2 nitrogen and oxygen atoms in total. The first-order valence-corrected chi connectivity index (χ1v) is 11.4. The third-order valence-electron chi connectivity index (χ3n) is 5.50. The van der Waals surface area contributed by atoms with Gasteiger partial charge in [0.15, 0.2) is 17.5 Å². The summed E-state index contributed by atoms with van der Waals surface area (Å²) in [5.41, 5.74) is 1.44. The molecule has 0 radical (unpaired) electrons. The molecule has 4 aromatic carbocycles. The molecule has 0 unspecified atom stereocenters. The Morgan fingerprint density at radius 1 is 0.750 bits per heavy atom. The van der Waals surface area contributed by atoms with Crippen LogP contribution >= 0.6 is 11.3 Å². The minimum absolute atomic E-state index is 0.290. The molecule has 5 rings (SSSR count).